The fraction of sp³-hybridized carbons (Fsp3) is 0.333. The largest absolute Gasteiger partial charge is 0.472 e. The van der Waals surface area contributed by atoms with Crippen LogP contribution in [0.4, 0.5) is 0 Å². The topological polar surface area (TPSA) is 60.9 Å². The molecular weight excluding hydrogens is 220 g/mol. The van der Waals surface area contributed by atoms with Crippen LogP contribution in [0.2, 0.25) is 0 Å². The number of likely N-dealkylation sites (N-methyl/N-ethyl adjacent to an activating group) is 1. The average molecular weight is 232 g/mol. The first kappa shape index (κ1) is 11.3. The number of aliphatic carboxylic acids is 1. The Morgan fingerprint density at radius 2 is 2.12 bits per heavy atom. The first-order valence-electron chi connectivity index (χ1n) is 5.15. The predicted molar refractivity (Wildman–Crippen MR) is 60.5 cm³/mol. The fourth-order valence-corrected chi connectivity index (χ4v) is 2.07. The molecule has 2 aliphatic rings. The molecule has 88 valence electrons. The van der Waals surface area contributed by atoms with Crippen LogP contribution in [0.25, 0.3) is 0 Å². The molecule has 5 nitrogen and oxygen atoms in total. The summed E-state index contributed by atoms with van der Waals surface area (Å²) in [6.07, 6.45) is 3.31. The van der Waals surface area contributed by atoms with Crippen molar-refractivity contribution < 1.29 is 14.7 Å². The fourth-order valence-electron chi connectivity index (χ4n) is 2.07. The average Bonchev–Trinajstić information content (AvgIpc) is 2.49. The molecule has 2 rings (SSSR count). The van der Waals surface area contributed by atoms with Gasteiger partial charge in [-0.2, -0.15) is 0 Å². The summed E-state index contributed by atoms with van der Waals surface area (Å²) in [4.78, 5) is 25.5. The molecule has 0 spiro atoms. The second kappa shape index (κ2) is 3.98. The molecule has 0 radical (unpaired) electrons. The van der Waals surface area contributed by atoms with E-state index in [0.717, 1.165) is 11.4 Å². The zero-order valence-electron chi connectivity index (χ0n) is 9.60. The van der Waals surface area contributed by atoms with Crippen LogP contribution in [0.1, 0.15) is 6.42 Å². The standard InChI is InChI=1S/C12H12N2O3/c1-13-9-4-3-8(15)7-10(9)14(2)11(13)5-6-12(16)17/h3-4,11H,7H2,1-2H3,(H,16,17). The molecule has 0 aromatic heterocycles. The Labute approximate surface area is 99.0 Å². The third kappa shape index (κ3) is 1.89. The quantitative estimate of drug-likeness (QED) is 0.596. The van der Waals surface area contributed by atoms with Gasteiger partial charge in [0.2, 0.25) is 0 Å². The van der Waals surface area contributed by atoms with Crippen LogP contribution in [0.5, 0.6) is 0 Å². The molecule has 0 saturated carbocycles. The Morgan fingerprint density at radius 3 is 2.76 bits per heavy atom. The predicted octanol–water partition coefficient (Wildman–Crippen LogP) is 0.0183. The number of hydrogen-bond donors (Lipinski definition) is 1. The minimum atomic E-state index is -1.15. The summed E-state index contributed by atoms with van der Waals surface area (Å²) < 4.78 is 0. The number of carbonyl (C=O) groups excluding carboxylic acids is 1. The third-order valence-electron chi connectivity index (χ3n) is 2.91. The van der Waals surface area contributed by atoms with E-state index in [0.29, 0.717) is 6.42 Å². The lowest BCUT2D eigenvalue weighted by Crippen LogP contribution is -2.34. The number of nitrogens with zero attached hydrogens (tertiary/aromatic N) is 2. The number of rotatable bonds is 0. The second-order valence-corrected chi connectivity index (χ2v) is 3.98. The van der Waals surface area contributed by atoms with E-state index in [1.807, 2.05) is 23.9 Å². The highest BCUT2D eigenvalue weighted by Crippen LogP contribution is 2.31. The van der Waals surface area contributed by atoms with Gasteiger partial charge in [0.05, 0.1) is 12.1 Å². The molecule has 17 heavy (non-hydrogen) atoms. The molecule has 1 unspecified atom stereocenters. The molecule has 0 aromatic rings. The second-order valence-electron chi connectivity index (χ2n) is 3.98. The highest BCUT2D eigenvalue weighted by Gasteiger charge is 2.33. The smallest absolute Gasteiger partial charge is 0.382 e. The van der Waals surface area contributed by atoms with E-state index in [9.17, 15) is 9.59 Å². The number of carboxylic acids is 1. The van der Waals surface area contributed by atoms with Gasteiger partial charge >= 0.3 is 5.97 Å². The van der Waals surface area contributed by atoms with E-state index < -0.39 is 5.97 Å². The van der Waals surface area contributed by atoms with Crippen molar-refractivity contribution in [3.63, 3.8) is 0 Å². The first-order valence-corrected chi connectivity index (χ1v) is 5.15. The summed E-state index contributed by atoms with van der Waals surface area (Å²) in [6, 6.07) is 0. The lowest BCUT2D eigenvalue weighted by atomic mass is 10.1. The zero-order chi connectivity index (χ0) is 12.6. The van der Waals surface area contributed by atoms with Crippen molar-refractivity contribution >= 4 is 11.8 Å². The van der Waals surface area contributed by atoms with E-state index >= 15 is 0 Å². The Morgan fingerprint density at radius 1 is 1.41 bits per heavy atom. The van der Waals surface area contributed by atoms with Gasteiger partial charge in [0.25, 0.3) is 0 Å². The van der Waals surface area contributed by atoms with E-state index in [2.05, 4.69) is 11.8 Å². The number of allylic oxidation sites excluding steroid dienone is 3. The van der Waals surface area contributed by atoms with Crippen molar-refractivity contribution in [2.45, 2.75) is 12.6 Å². The molecule has 5 heteroatoms. The first-order chi connectivity index (χ1) is 8.00. The molecule has 1 atom stereocenters. The number of hydrogen-bond acceptors (Lipinski definition) is 4. The van der Waals surface area contributed by atoms with Crippen LogP contribution in [-0.2, 0) is 9.59 Å². The highest BCUT2D eigenvalue weighted by atomic mass is 16.4. The Hall–Kier alpha value is -2.22. The van der Waals surface area contributed by atoms with Gasteiger partial charge in [-0.3, -0.25) is 4.79 Å². The molecule has 1 N–H and O–H groups in total. The van der Waals surface area contributed by atoms with Gasteiger partial charge in [-0.1, -0.05) is 0 Å². The third-order valence-corrected chi connectivity index (χ3v) is 2.91. The molecule has 1 aliphatic heterocycles. The summed E-state index contributed by atoms with van der Waals surface area (Å²) in [6.45, 7) is 0. The number of carboxylic acid groups (broad SMARTS) is 1. The molecule has 1 heterocycles. The van der Waals surface area contributed by atoms with Crippen molar-refractivity contribution in [1.82, 2.24) is 9.80 Å². The van der Waals surface area contributed by atoms with Crippen LogP contribution in [-0.4, -0.2) is 46.9 Å². The molecule has 0 saturated heterocycles. The summed E-state index contributed by atoms with van der Waals surface area (Å²) in [5.41, 5.74) is 1.82. The zero-order valence-corrected chi connectivity index (χ0v) is 9.60. The van der Waals surface area contributed by atoms with E-state index in [1.165, 1.54) is 6.08 Å². The molecule has 1 aliphatic carbocycles. The maximum absolute atomic E-state index is 11.3. The maximum atomic E-state index is 11.3. The van der Waals surface area contributed by atoms with E-state index in [-0.39, 0.29) is 11.9 Å². The van der Waals surface area contributed by atoms with Gasteiger partial charge in [0.1, 0.15) is 0 Å². The van der Waals surface area contributed by atoms with Gasteiger partial charge in [-0.15, -0.1) is 0 Å². The van der Waals surface area contributed by atoms with Gasteiger partial charge in [0, 0.05) is 25.7 Å². The SMILES string of the molecule is CN1C2=C(CC(=O)C=C2)N(C)C1C#CC(=O)O. The van der Waals surface area contributed by atoms with Gasteiger partial charge in [0.15, 0.2) is 11.9 Å². The molecule has 0 bridgehead atoms. The molecule has 0 fully saturated rings. The minimum absolute atomic E-state index is 0.0517. The van der Waals surface area contributed by atoms with Crippen LogP contribution in [0, 0.1) is 11.8 Å². The minimum Gasteiger partial charge on any atom is -0.472 e. The monoisotopic (exact) mass is 232 g/mol. The van der Waals surface area contributed by atoms with Gasteiger partial charge < -0.3 is 14.9 Å². The van der Waals surface area contributed by atoms with Crippen molar-refractivity contribution in [2.75, 3.05) is 14.1 Å². The summed E-state index contributed by atoms with van der Waals surface area (Å²) in [5, 5.41) is 8.55. The van der Waals surface area contributed by atoms with Crippen LogP contribution < -0.4 is 0 Å². The lowest BCUT2D eigenvalue weighted by Gasteiger charge is -2.24. The Bertz CT molecular complexity index is 508. The highest BCUT2D eigenvalue weighted by molar-refractivity contribution is 5.93. The number of carbonyl (C=O) groups is 2. The summed E-state index contributed by atoms with van der Waals surface area (Å²) >= 11 is 0. The lowest BCUT2D eigenvalue weighted by molar-refractivity contribution is -0.130. The maximum Gasteiger partial charge on any atom is 0.382 e. The van der Waals surface area contributed by atoms with Crippen molar-refractivity contribution in [3.8, 4) is 11.8 Å². The molecule has 0 aromatic carbocycles. The Balaban J connectivity index is 2.29. The van der Waals surface area contributed by atoms with Gasteiger partial charge in [-0.05, 0) is 18.1 Å². The summed E-state index contributed by atoms with van der Waals surface area (Å²) in [5.74, 6) is 3.69. The summed E-state index contributed by atoms with van der Waals surface area (Å²) in [7, 11) is 3.65. The normalized spacial score (nSPS) is 22.5. The van der Waals surface area contributed by atoms with Gasteiger partial charge in [-0.25, -0.2) is 4.79 Å². The van der Waals surface area contributed by atoms with Crippen molar-refractivity contribution in [2.24, 2.45) is 0 Å². The molecule has 0 amide bonds. The van der Waals surface area contributed by atoms with Crippen LogP contribution in [0.15, 0.2) is 23.5 Å². The van der Waals surface area contributed by atoms with E-state index in [4.69, 9.17) is 5.11 Å². The van der Waals surface area contributed by atoms with Crippen molar-refractivity contribution in [3.05, 3.63) is 23.5 Å². The Kier molecular flexibility index (Phi) is 2.64. The number of ketones is 1. The molecular formula is C12H12N2O3. The van der Waals surface area contributed by atoms with Crippen LogP contribution in [0.3, 0.4) is 0 Å². The van der Waals surface area contributed by atoms with Crippen molar-refractivity contribution in [1.29, 1.82) is 0 Å². The van der Waals surface area contributed by atoms with Crippen LogP contribution >= 0.6 is 0 Å². The van der Waals surface area contributed by atoms with E-state index in [1.54, 1.807) is 6.08 Å².